The second kappa shape index (κ2) is 11.9. The van der Waals surface area contributed by atoms with Crippen molar-refractivity contribution >= 4 is 44.8 Å². The number of fused-ring (bicyclic) bond motifs is 4. The molecule has 0 spiro atoms. The highest BCUT2D eigenvalue weighted by atomic mass is 15.1. The van der Waals surface area contributed by atoms with Crippen molar-refractivity contribution in [3.63, 3.8) is 0 Å². The highest BCUT2D eigenvalue weighted by Crippen LogP contribution is 2.44. The lowest BCUT2D eigenvalue weighted by Gasteiger charge is -2.29. The van der Waals surface area contributed by atoms with E-state index in [2.05, 4.69) is 191 Å². The van der Waals surface area contributed by atoms with Crippen molar-refractivity contribution in [2.45, 2.75) is 12.8 Å². The quantitative estimate of drug-likeness (QED) is 0.181. The van der Waals surface area contributed by atoms with Gasteiger partial charge in [0.25, 0.3) is 0 Å². The summed E-state index contributed by atoms with van der Waals surface area (Å²) in [4.78, 5) is 2.44. The van der Waals surface area contributed by atoms with E-state index in [4.69, 9.17) is 0 Å². The van der Waals surface area contributed by atoms with E-state index in [1.54, 1.807) is 0 Å². The van der Waals surface area contributed by atoms with Crippen molar-refractivity contribution in [3.8, 4) is 27.9 Å². The van der Waals surface area contributed by atoms with Crippen molar-refractivity contribution in [2.75, 3.05) is 4.90 Å². The van der Waals surface area contributed by atoms with Crippen molar-refractivity contribution in [1.29, 1.82) is 0 Å². The summed E-state index contributed by atoms with van der Waals surface area (Å²) in [5, 5.41) is 3.75. The normalized spacial score (nSPS) is 12.3. The summed E-state index contributed by atoms with van der Waals surface area (Å²) < 4.78 is 2.48. The molecule has 1 aliphatic rings. The SMILES string of the molecule is C1=Cc2c(n(-c3cccc(-c4ccccc4N(c4cccc(-c5ccccc5)c4)c4cccc5ccccc45)c3)c3ccccc23)CC1. The van der Waals surface area contributed by atoms with Crippen LogP contribution in [0.5, 0.6) is 0 Å². The van der Waals surface area contributed by atoms with E-state index in [0.29, 0.717) is 0 Å². The zero-order valence-corrected chi connectivity index (χ0v) is 26.6. The maximum absolute atomic E-state index is 2.48. The number of hydrogen-bond donors (Lipinski definition) is 0. The predicted molar refractivity (Wildman–Crippen MR) is 204 cm³/mol. The Balaban J connectivity index is 1.25. The summed E-state index contributed by atoms with van der Waals surface area (Å²) in [6, 6.07) is 61.6. The molecule has 0 bridgehead atoms. The smallest absolute Gasteiger partial charge is 0.0540 e. The summed E-state index contributed by atoms with van der Waals surface area (Å²) in [5.41, 5.74) is 13.4. The molecule has 7 aromatic carbocycles. The molecule has 0 radical (unpaired) electrons. The molecule has 2 nitrogen and oxygen atoms in total. The Morgan fingerprint density at radius 2 is 1.19 bits per heavy atom. The van der Waals surface area contributed by atoms with Gasteiger partial charge in [0.15, 0.2) is 0 Å². The first-order valence-electron chi connectivity index (χ1n) is 16.8. The van der Waals surface area contributed by atoms with Crippen LogP contribution in [-0.2, 0) is 6.42 Å². The first-order chi connectivity index (χ1) is 23.8. The van der Waals surface area contributed by atoms with E-state index >= 15 is 0 Å². The molecular formula is C46H34N2. The number of para-hydroxylation sites is 2. The summed E-state index contributed by atoms with van der Waals surface area (Å²) in [5.74, 6) is 0. The van der Waals surface area contributed by atoms with E-state index < -0.39 is 0 Å². The fourth-order valence-electron chi connectivity index (χ4n) is 7.46. The van der Waals surface area contributed by atoms with Crippen LogP contribution in [0.15, 0.2) is 176 Å². The van der Waals surface area contributed by atoms with Crippen LogP contribution in [-0.4, -0.2) is 4.57 Å². The lowest BCUT2D eigenvalue weighted by molar-refractivity contribution is 0.889. The van der Waals surface area contributed by atoms with Gasteiger partial charge in [-0.2, -0.15) is 0 Å². The van der Waals surface area contributed by atoms with Crippen LogP contribution in [0.4, 0.5) is 17.1 Å². The Morgan fingerprint density at radius 3 is 2.12 bits per heavy atom. The van der Waals surface area contributed by atoms with Crippen molar-refractivity contribution in [2.24, 2.45) is 0 Å². The van der Waals surface area contributed by atoms with Gasteiger partial charge in [-0.15, -0.1) is 0 Å². The summed E-state index contributed by atoms with van der Waals surface area (Å²) in [7, 11) is 0. The molecule has 9 rings (SSSR count). The summed E-state index contributed by atoms with van der Waals surface area (Å²) in [6.07, 6.45) is 6.71. The van der Waals surface area contributed by atoms with Gasteiger partial charge in [-0.1, -0.05) is 140 Å². The molecule has 0 saturated heterocycles. The highest BCUT2D eigenvalue weighted by Gasteiger charge is 2.21. The fraction of sp³-hybridized carbons (Fsp3) is 0.0435. The monoisotopic (exact) mass is 614 g/mol. The molecule has 0 aliphatic heterocycles. The van der Waals surface area contributed by atoms with Gasteiger partial charge in [-0.05, 0) is 77.4 Å². The third kappa shape index (κ3) is 4.82. The van der Waals surface area contributed by atoms with Gasteiger partial charge < -0.3 is 9.47 Å². The second-order valence-electron chi connectivity index (χ2n) is 12.5. The molecule has 1 aromatic heterocycles. The van der Waals surface area contributed by atoms with Gasteiger partial charge in [-0.25, -0.2) is 0 Å². The minimum atomic E-state index is 1.04. The first kappa shape index (κ1) is 28.1. The van der Waals surface area contributed by atoms with E-state index in [1.807, 2.05) is 0 Å². The molecule has 1 aliphatic carbocycles. The van der Waals surface area contributed by atoms with Crippen LogP contribution in [0.1, 0.15) is 17.7 Å². The molecule has 0 fully saturated rings. The van der Waals surface area contributed by atoms with E-state index in [9.17, 15) is 0 Å². The molecule has 48 heavy (non-hydrogen) atoms. The van der Waals surface area contributed by atoms with Crippen molar-refractivity contribution < 1.29 is 0 Å². The van der Waals surface area contributed by atoms with E-state index in [1.165, 1.54) is 60.9 Å². The topological polar surface area (TPSA) is 8.17 Å². The molecule has 2 heteroatoms. The first-order valence-corrected chi connectivity index (χ1v) is 16.8. The number of aromatic nitrogens is 1. The van der Waals surface area contributed by atoms with Crippen LogP contribution < -0.4 is 4.90 Å². The van der Waals surface area contributed by atoms with E-state index in [0.717, 1.165) is 29.9 Å². The number of anilines is 3. The maximum Gasteiger partial charge on any atom is 0.0540 e. The number of allylic oxidation sites excluding steroid dienone is 1. The minimum Gasteiger partial charge on any atom is -0.313 e. The standard InChI is InChI=1S/C46H34N2/c1-2-15-33(16-3-1)35-19-12-21-37(31-35)47(44-30-14-18-34-17-4-5-23-39(34)44)43-27-9-6-24-40(43)36-20-13-22-38(32-36)48-45-28-10-7-25-41(45)42-26-8-11-29-46(42)48/h1-10,12-28,30-32H,11,29H2. The zero-order valence-electron chi connectivity index (χ0n) is 26.6. The number of hydrogen-bond acceptors (Lipinski definition) is 1. The van der Waals surface area contributed by atoms with Gasteiger partial charge >= 0.3 is 0 Å². The van der Waals surface area contributed by atoms with E-state index in [-0.39, 0.29) is 0 Å². The maximum atomic E-state index is 2.48. The van der Waals surface area contributed by atoms with Gasteiger partial charge in [0.05, 0.1) is 16.9 Å². The van der Waals surface area contributed by atoms with Crippen LogP contribution in [0, 0.1) is 0 Å². The highest BCUT2D eigenvalue weighted by molar-refractivity contribution is 6.01. The molecule has 0 N–H and O–H groups in total. The zero-order chi connectivity index (χ0) is 31.9. The van der Waals surface area contributed by atoms with Gasteiger partial charge in [0, 0.05) is 39.0 Å². The minimum absolute atomic E-state index is 1.04. The second-order valence-corrected chi connectivity index (χ2v) is 12.5. The molecule has 0 unspecified atom stereocenters. The van der Waals surface area contributed by atoms with Crippen LogP contribution in [0.2, 0.25) is 0 Å². The average Bonchev–Trinajstić information content (AvgIpc) is 3.50. The fourth-order valence-corrected chi connectivity index (χ4v) is 7.46. The van der Waals surface area contributed by atoms with Gasteiger partial charge in [0.1, 0.15) is 0 Å². The third-order valence-corrected chi connectivity index (χ3v) is 9.63. The van der Waals surface area contributed by atoms with Crippen molar-refractivity contribution in [1.82, 2.24) is 4.57 Å². The largest absolute Gasteiger partial charge is 0.313 e. The molecule has 0 amide bonds. The number of rotatable bonds is 6. The molecule has 1 heterocycles. The third-order valence-electron chi connectivity index (χ3n) is 9.63. The lowest BCUT2D eigenvalue weighted by atomic mass is 9.99. The molecular weight excluding hydrogens is 581 g/mol. The lowest BCUT2D eigenvalue weighted by Crippen LogP contribution is -2.12. The van der Waals surface area contributed by atoms with Gasteiger partial charge in [-0.3, -0.25) is 0 Å². The summed E-state index contributed by atoms with van der Waals surface area (Å²) >= 11 is 0. The molecule has 228 valence electrons. The van der Waals surface area contributed by atoms with Crippen LogP contribution >= 0.6 is 0 Å². The Morgan fingerprint density at radius 1 is 0.500 bits per heavy atom. The van der Waals surface area contributed by atoms with Crippen LogP contribution in [0.3, 0.4) is 0 Å². The molecule has 0 saturated carbocycles. The average molecular weight is 615 g/mol. The van der Waals surface area contributed by atoms with Gasteiger partial charge in [0.2, 0.25) is 0 Å². The number of benzene rings is 7. The Hall–Kier alpha value is -6.12. The Bertz CT molecular complexity index is 2460. The summed E-state index contributed by atoms with van der Waals surface area (Å²) in [6.45, 7) is 0. The molecule has 8 aromatic rings. The van der Waals surface area contributed by atoms with Crippen LogP contribution in [0.25, 0.3) is 55.7 Å². The molecule has 0 atom stereocenters. The predicted octanol–water partition coefficient (Wildman–Crippen LogP) is 12.5. The van der Waals surface area contributed by atoms with Crippen molar-refractivity contribution in [3.05, 3.63) is 187 Å². The number of nitrogens with zero attached hydrogens (tertiary/aromatic N) is 2. The Labute approximate surface area is 281 Å². The Kier molecular flexibility index (Phi) is 6.98.